The number of carbonyl (C=O) groups is 1. The van der Waals surface area contributed by atoms with Gasteiger partial charge in [0.25, 0.3) is 0 Å². The lowest BCUT2D eigenvalue weighted by Crippen LogP contribution is -2.38. The zero-order valence-electron chi connectivity index (χ0n) is 17.9. The molecule has 2 N–H and O–H groups in total. The maximum Gasteiger partial charge on any atom is 0.573 e. The SMILES string of the molecule is CNC(=O)C(N[C@H](CCc1cnc(Cl)cn1)c1ccc(F)c(OC(F)(F)F)c1)c1ccccc1. The lowest BCUT2D eigenvalue weighted by atomic mass is 9.97. The van der Waals surface area contributed by atoms with Crippen LogP contribution in [-0.2, 0) is 11.2 Å². The van der Waals surface area contributed by atoms with Crippen LogP contribution in [0.5, 0.6) is 5.75 Å². The fourth-order valence-electron chi connectivity index (χ4n) is 3.36. The predicted molar refractivity (Wildman–Crippen MR) is 118 cm³/mol. The van der Waals surface area contributed by atoms with Crippen molar-refractivity contribution in [2.45, 2.75) is 31.3 Å². The Morgan fingerprint density at radius 2 is 1.82 bits per heavy atom. The topological polar surface area (TPSA) is 76.1 Å². The molecule has 1 aromatic heterocycles. The molecule has 0 fully saturated rings. The number of halogens is 5. The second kappa shape index (κ2) is 11.3. The molecule has 0 saturated carbocycles. The van der Waals surface area contributed by atoms with Gasteiger partial charge in [0, 0.05) is 13.1 Å². The van der Waals surface area contributed by atoms with Crippen LogP contribution in [0.15, 0.2) is 60.9 Å². The van der Waals surface area contributed by atoms with Gasteiger partial charge in [-0.05, 0) is 36.1 Å². The number of amides is 1. The highest BCUT2D eigenvalue weighted by Crippen LogP contribution is 2.31. The van der Waals surface area contributed by atoms with E-state index in [9.17, 15) is 22.4 Å². The molecule has 0 radical (unpaired) electrons. The van der Waals surface area contributed by atoms with Crippen LogP contribution in [0.25, 0.3) is 0 Å². The van der Waals surface area contributed by atoms with Gasteiger partial charge in [0.2, 0.25) is 5.91 Å². The van der Waals surface area contributed by atoms with Crippen LogP contribution in [-0.4, -0.2) is 29.3 Å². The fraction of sp³-hybridized carbons (Fsp3) is 0.261. The summed E-state index contributed by atoms with van der Waals surface area (Å²) in [5, 5.41) is 5.98. The Bertz CT molecular complexity index is 1100. The first kappa shape index (κ1) is 25.4. The molecule has 0 spiro atoms. The summed E-state index contributed by atoms with van der Waals surface area (Å²) in [5.74, 6) is -2.47. The number of aryl methyl sites for hydroxylation is 1. The highest BCUT2D eigenvalue weighted by molar-refractivity contribution is 6.29. The molecule has 11 heteroatoms. The van der Waals surface area contributed by atoms with E-state index in [-0.39, 0.29) is 11.1 Å². The van der Waals surface area contributed by atoms with E-state index in [4.69, 9.17) is 11.6 Å². The molecule has 0 bridgehead atoms. The van der Waals surface area contributed by atoms with Crippen molar-refractivity contribution < 1.29 is 27.1 Å². The van der Waals surface area contributed by atoms with E-state index in [1.54, 1.807) is 30.3 Å². The molecule has 1 amide bonds. The fourth-order valence-corrected chi connectivity index (χ4v) is 3.46. The molecule has 0 aliphatic rings. The van der Waals surface area contributed by atoms with Crippen LogP contribution in [0.1, 0.15) is 35.3 Å². The number of aromatic nitrogens is 2. The number of carbonyl (C=O) groups excluding carboxylic acids is 1. The largest absolute Gasteiger partial charge is 0.573 e. The maximum absolute atomic E-state index is 14.0. The second-order valence-corrected chi connectivity index (χ2v) is 7.67. The number of nitrogens with zero attached hydrogens (tertiary/aromatic N) is 2. The van der Waals surface area contributed by atoms with Crippen LogP contribution in [0.3, 0.4) is 0 Å². The molecule has 2 aromatic carbocycles. The summed E-state index contributed by atoms with van der Waals surface area (Å²) in [6, 6.07) is 10.5. The number of hydrogen-bond donors (Lipinski definition) is 2. The summed E-state index contributed by atoms with van der Waals surface area (Å²) in [4.78, 5) is 20.8. The van der Waals surface area contributed by atoms with Crippen molar-refractivity contribution >= 4 is 17.5 Å². The second-order valence-electron chi connectivity index (χ2n) is 7.28. The van der Waals surface area contributed by atoms with E-state index in [2.05, 4.69) is 25.3 Å². The molecule has 0 aliphatic heterocycles. The number of nitrogens with one attached hydrogen (secondary N) is 2. The molecule has 3 rings (SSSR count). The van der Waals surface area contributed by atoms with Gasteiger partial charge < -0.3 is 10.1 Å². The summed E-state index contributed by atoms with van der Waals surface area (Å²) in [5.41, 5.74) is 1.53. The molecular weight excluding hydrogens is 476 g/mol. The third kappa shape index (κ3) is 7.13. The van der Waals surface area contributed by atoms with Gasteiger partial charge in [-0.2, -0.15) is 0 Å². The number of ether oxygens (including phenoxy) is 1. The van der Waals surface area contributed by atoms with Gasteiger partial charge in [-0.25, -0.2) is 9.37 Å². The molecule has 0 saturated heterocycles. The van der Waals surface area contributed by atoms with Crippen molar-refractivity contribution in [2.75, 3.05) is 7.05 Å². The average molecular weight is 497 g/mol. The minimum absolute atomic E-state index is 0.217. The summed E-state index contributed by atoms with van der Waals surface area (Å²) < 4.78 is 56.1. The third-order valence-electron chi connectivity index (χ3n) is 4.96. The Balaban J connectivity index is 1.95. The Morgan fingerprint density at radius 1 is 1.09 bits per heavy atom. The number of rotatable bonds is 9. The van der Waals surface area contributed by atoms with E-state index in [0.717, 1.165) is 12.1 Å². The van der Waals surface area contributed by atoms with Crippen LogP contribution in [0.4, 0.5) is 17.6 Å². The third-order valence-corrected chi connectivity index (χ3v) is 5.15. The number of hydrogen-bond acceptors (Lipinski definition) is 5. The van der Waals surface area contributed by atoms with E-state index in [0.29, 0.717) is 29.7 Å². The smallest absolute Gasteiger partial charge is 0.403 e. The Labute approximate surface area is 198 Å². The Kier molecular flexibility index (Phi) is 8.41. The Hall–Kier alpha value is -3.24. The van der Waals surface area contributed by atoms with Gasteiger partial charge in [-0.15, -0.1) is 13.2 Å². The molecule has 34 heavy (non-hydrogen) atoms. The molecule has 3 aromatic rings. The molecule has 6 nitrogen and oxygen atoms in total. The highest BCUT2D eigenvalue weighted by atomic mass is 35.5. The van der Waals surface area contributed by atoms with E-state index in [1.807, 2.05) is 0 Å². The highest BCUT2D eigenvalue weighted by Gasteiger charge is 2.33. The normalized spacial score (nSPS) is 13.2. The molecule has 2 atom stereocenters. The first-order valence-corrected chi connectivity index (χ1v) is 10.6. The lowest BCUT2D eigenvalue weighted by molar-refractivity contribution is -0.275. The quantitative estimate of drug-likeness (QED) is 0.411. The average Bonchev–Trinajstić information content (AvgIpc) is 2.81. The van der Waals surface area contributed by atoms with Gasteiger partial charge in [0.1, 0.15) is 11.2 Å². The van der Waals surface area contributed by atoms with Crippen LogP contribution >= 0.6 is 11.6 Å². The molecule has 1 unspecified atom stereocenters. The summed E-state index contributed by atoms with van der Waals surface area (Å²) in [6.45, 7) is 0. The van der Waals surface area contributed by atoms with Gasteiger partial charge in [0.05, 0.1) is 18.1 Å². The van der Waals surface area contributed by atoms with Gasteiger partial charge in [-0.1, -0.05) is 48.0 Å². The van der Waals surface area contributed by atoms with Crippen molar-refractivity contribution in [3.05, 3.63) is 88.7 Å². The minimum atomic E-state index is -5.06. The lowest BCUT2D eigenvalue weighted by Gasteiger charge is -2.26. The minimum Gasteiger partial charge on any atom is -0.403 e. The molecule has 180 valence electrons. The first-order chi connectivity index (χ1) is 16.2. The van der Waals surface area contributed by atoms with Crippen molar-refractivity contribution in [3.63, 3.8) is 0 Å². The molecule has 0 aliphatic carbocycles. The van der Waals surface area contributed by atoms with Gasteiger partial charge in [-0.3, -0.25) is 15.1 Å². The zero-order chi connectivity index (χ0) is 24.7. The predicted octanol–water partition coefficient (Wildman–Crippen LogP) is 4.92. The molecular formula is C23H21ClF4N4O2. The summed E-state index contributed by atoms with van der Waals surface area (Å²) >= 11 is 5.77. The van der Waals surface area contributed by atoms with Gasteiger partial charge in [0.15, 0.2) is 11.6 Å². The number of alkyl halides is 3. The zero-order valence-corrected chi connectivity index (χ0v) is 18.7. The van der Waals surface area contributed by atoms with E-state index in [1.165, 1.54) is 25.5 Å². The summed E-state index contributed by atoms with van der Waals surface area (Å²) in [7, 11) is 1.48. The van der Waals surface area contributed by atoms with Crippen molar-refractivity contribution in [1.82, 2.24) is 20.6 Å². The van der Waals surface area contributed by atoms with Crippen LogP contribution in [0, 0.1) is 5.82 Å². The van der Waals surface area contributed by atoms with E-state index < -0.39 is 30.0 Å². The Morgan fingerprint density at radius 3 is 2.44 bits per heavy atom. The van der Waals surface area contributed by atoms with E-state index >= 15 is 0 Å². The standard InChI is InChI=1S/C23H21ClF4N4O2/c1-29-22(33)21(14-5-3-2-4-6-14)32-18(10-8-16-12-31-20(24)13-30-16)15-7-9-17(25)19(11-15)34-23(26,27)28/h2-7,9,11-13,18,21,32H,8,10H2,1H3,(H,29,33)/t18-,21?/m1/s1. The van der Waals surface area contributed by atoms with Crippen molar-refractivity contribution in [2.24, 2.45) is 0 Å². The van der Waals surface area contributed by atoms with Crippen LogP contribution < -0.4 is 15.4 Å². The molecule has 1 heterocycles. The monoisotopic (exact) mass is 496 g/mol. The maximum atomic E-state index is 14.0. The first-order valence-electron chi connectivity index (χ1n) is 10.2. The van der Waals surface area contributed by atoms with Crippen molar-refractivity contribution in [3.8, 4) is 5.75 Å². The van der Waals surface area contributed by atoms with Gasteiger partial charge >= 0.3 is 6.36 Å². The van der Waals surface area contributed by atoms with Crippen molar-refractivity contribution in [1.29, 1.82) is 0 Å². The number of likely N-dealkylation sites (N-methyl/N-ethyl adjacent to an activating group) is 1. The van der Waals surface area contributed by atoms with Crippen LogP contribution in [0.2, 0.25) is 5.15 Å². The number of benzene rings is 2. The summed E-state index contributed by atoms with van der Waals surface area (Å²) in [6.07, 6.45) is -1.55.